The molecule has 19 heavy (non-hydrogen) atoms. The summed E-state index contributed by atoms with van der Waals surface area (Å²) in [5.41, 5.74) is 0.242. The van der Waals surface area contributed by atoms with Gasteiger partial charge in [-0.2, -0.15) is 0 Å². The predicted molar refractivity (Wildman–Crippen MR) is 69.8 cm³/mol. The van der Waals surface area contributed by atoms with E-state index < -0.39 is 17.7 Å². The van der Waals surface area contributed by atoms with Crippen molar-refractivity contribution in [2.24, 2.45) is 5.92 Å². The molecule has 1 rings (SSSR count). The van der Waals surface area contributed by atoms with Crippen molar-refractivity contribution in [3.63, 3.8) is 0 Å². The summed E-state index contributed by atoms with van der Waals surface area (Å²) < 4.78 is 13.0. The quantitative estimate of drug-likeness (QED) is 0.906. The van der Waals surface area contributed by atoms with Crippen LogP contribution in [0.4, 0.5) is 4.39 Å². The summed E-state index contributed by atoms with van der Waals surface area (Å²) in [6.45, 7) is 3.73. The molecule has 1 N–H and O–H groups in total. The zero-order valence-electron chi connectivity index (χ0n) is 10.7. The van der Waals surface area contributed by atoms with E-state index in [1.807, 2.05) is 0 Å². The summed E-state index contributed by atoms with van der Waals surface area (Å²) in [6, 6.07) is 3.69. The van der Waals surface area contributed by atoms with E-state index in [4.69, 9.17) is 16.7 Å². The van der Waals surface area contributed by atoms with Gasteiger partial charge in [-0.3, -0.25) is 9.59 Å². The summed E-state index contributed by atoms with van der Waals surface area (Å²) in [7, 11) is 0. The van der Waals surface area contributed by atoms with Gasteiger partial charge in [0.25, 0.3) is 5.91 Å². The van der Waals surface area contributed by atoms with Crippen LogP contribution in [-0.4, -0.2) is 35.0 Å². The number of nitrogens with zero attached hydrogens (tertiary/aromatic N) is 1. The van der Waals surface area contributed by atoms with Crippen LogP contribution in [-0.2, 0) is 4.79 Å². The van der Waals surface area contributed by atoms with E-state index >= 15 is 0 Å². The number of halogens is 2. The van der Waals surface area contributed by atoms with E-state index in [1.165, 1.54) is 24.0 Å². The maximum absolute atomic E-state index is 13.0. The van der Waals surface area contributed by atoms with Crippen LogP contribution in [0.5, 0.6) is 0 Å². The molecule has 0 radical (unpaired) electrons. The Hall–Kier alpha value is -1.62. The van der Waals surface area contributed by atoms with E-state index in [0.717, 1.165) is 6.07 Å². The summed E-state index contributed by atoms with van der Waals surface area (Å²) >= 11 is 5.62. The van der Waals surface area contributed by atoms with Crippen LogP contribution in [0, 0.1) is 11.7 Å². The first-order chi connectivity index (χ1) is 8.86. The van der Waals surface area contributed by atoms with Crippen molar-refractivity contribution < 1.29 is 19.1 Å². The number of aliphatic carboxylic acids is 1. The van der Waals surface area contributed by atoms with Gasteiger partial charge >= 0.3 is 5.97 Å². The molecule has 0 fully saturated rings. The zero-order valence-corrected chi connectivity index (χ0v) is 11.4. The fourth-order valence-corrected chi connectivity index (χ4v) is 1.76. The van der Waals surface area contributed by atoms with Crippen LogP contribution in [0.25, 0.3) is 0 Å². The third-order valence-electron chi connectivity index (χ3n) is 2.75. The maximum atomic E-state index is 13.0. The van der Waals surface area contributed by atoms with Crippen molar-refractivity contribution >= 4 is 23.5 Å². The molecule has 104 valence electrons. The van der Waals surface area contributed by atoms with Gasteiger partial charge in [-0.25, -0.2) is 4.39 Å². The largest absolute Gasteiger partial charge is 0.481 e. The second kappa shape index (κ2) is 6.52. The first kappa shape index (κ1) is 15.4. The van der Waals surface area contributed by atoms with Crippen LogP contribution in [0.1, 0.15) is 24.2 Å². The molecule has 1 unspecified atom stereocenters. The van der Waals surface area contributed by atoms with Gasteiger partial charge in [0.1, 0.15) is 5.82 Å². The lowest BCUT2D eigenvalue weighted by atomic mass is 10.1. The molecule has 6 heteroatoms. The van der Waals surface area contributed by atoms with E-state index in [-0.39, 0.29) is 23.0 Å². The Morgan fingerprint density at radius 3 is 2.58 bits per heavy atom. The number of carboxylic acids is 1. The molecule has 1 amide bonds. The third-order valence-corrected chi connectivity index (χ3v) is 3.04. The van der Waals surface area contributed by atoms with Gasteiger partial charge in [-0.15, -0.1) is 0 Å². The number of hydrogen-bond donors (Lipinski definition) is 1. The van der Waals surface area contributed by atoms with Crippen LogP contribution in [0.2, 0.25) is 5.02 Å². The Bertz CT molecular complexity index is 493. The standard InChI is InChI=1S/C13H15ClFNO3/c1-3-16(7-8(2)13(18)19)12(17)9-4-5-11(15)10(14)6-9/h4-6,8H,3,7H2,1-2H3,(H,18,19). The van der Waals surface area contributed by atoms with Crippen molar-refractivity contribution in [2.75, 3.05) is 13.1 Å². The Morgan fingerprint density at radius 1 is 1.47 bits per heavy atom. The monoisotopic (exact) mass is 287 g/mol. The van der Waals surface area contributed by atoms with Gasteiger partial charge in [0.2, 0.25) is 0 Å². The van der Waals surface area contributed by atoms with Gasteiger partial charge in [0.05, 0.1) is 10.9 Å². The minimum Gasteiger partial charge on any atom is -0.481 e. The van der Waals surface area contributed by atoms with Gasteiger partial charge in [0.15, 0.2) is 0 Å². The summed E-state index contributed by atoms with van der Waals surface area (Å²) in [5.74, 6) is -2.60. The maximum Gasteiger partial charge on any atom is 0.308 e. The highest BCUT2D eigenvalue weighted by molar-refractivity contribution is 6.31. The lowest BCUT2D eigenvalue weighted by molar-refractivity contribution is -0.141. The number of amides is 1. The summed E-state index contributed by atoms with van der Waals surface area (Å²) in [4.78, 5) is 24.3. The minimum absolute atomic E-state index is 0.0969. The molecule has 0 aliphatic carbocycles. The zero-order chi connectivity index (χ0) is 14.6. The topological polar surface area (TPSA) is 57.6 Å². The Morgan fingerprint density at radius 2 is 2.11 bits per heavy atom. The van der Waals surface area contributed by atoms with Crippen LogP contribution < -0.4 is 0 Å². The van der Waals surface area contributed by atoms with E-state index in [9.17, 15) is 14.0 Å². The van der Waals surface area contributed by atoms with Crippen molar-refractivity contribution in [2.45, 2.75) is 13.8 Å². The first-order valence-corrected chi connectivity index (χ1v) is 6.21. The Balaban J connectivity index is 2.89. The lowest BCUT2D eigenvalue weighted by Crippen LogP contribution is -2.36. The smallest absolute Gasteiger partial charge is 0.308 e. The second-order valence-electron chi connectivity index (χ2n) is 4.21. The fourth-order valence-electron chi connectivity index (χ4n) is 1.58. The van der Waals surface area contributed by atoms with Crippen LogP contribution in [0.15, 0.2) is 18.2 Å². The van der Waals surface area contributed by atoms with Crippen molar-refractivity contribution in [3.8, 4) is 0 Å². The summed E-state index contributed by atoms with van der Waals surface area (Å²) in [5, 5.41) is 8.72. The number of hydrogen-bond acceptors (Lipinski definition) is 2. The van der Waals surface area contributed by atoms with Gasteiger partial charge in [-0.05, 0) is 25.1 Å². The van der Waals surface area contributed by atoms with E-state index in [0.29, 0.717) is 6.54 Å². The van der Waals surface area contributed by atoms with Gasteiger partial charge in [0, 0.05) is 18.7 Å². The molecule has 1 aromatic rings. The highest BCUT2D eigenvalue weighted by Crippen LogP contribution is 2.17. The second-order valence-corrected chi connectivity index (χ2v) is 4.62. The average Bonchev–Trinajstić information content (AvgIpc) is 2.37. The van der Waals surface area contributed by atoms with Gasteiger partial charge < -0.3 is 10.0 Å². The van der Waals surface area contributed by atoms with E-state index in [1.54, 1.807) is 6.92 Å². The molecule has 0 spiro atoms. The number of carbonyl (C=O) groups excluding carboxylic acids is 1. The number of rotatable bonds is 5. The number of carbonyl (C=O) groups is 2. The molecule has 0 saturated heterocycles. The highest BCUT2D eigenvalue weighted by Gasteiger charge is 2.20. The normalized spacial score (nSPS) is 12.0. The van der Waals surface area contributed by atoms with Crippen molar-refractivity contribution in [1.82, 2.24) is 4.90 Å². The molecule has 0 aliphatic heterocycles. The number of benzene rings is 1. The van der Waals surface area contributed by atoms with Crippen LogP contribution >= 0.6 is 11.6 Å². The number of carboxylic acid groups (broad SMARTS) is 1. The molecule has 1 aromatic carbocycles. The van der Waals surface area contributed by atoms with Crippen molar-refractivity contribution in [1.29, 1.82) is 0 Å². The molecule has 0 aromatic heterocycles. The molecule has 0 aliphatic rings. The summed E-state index contributed by atoms with van der Waals surface area (Å²) in [6.07, 6.45) is 0. The third kappa shape index (κ3) is 3.92. The molecule has 1 atom stereocenters. The SMILES string of the molecule is CCN(CC(C)C(=O)O)C(=O)c1ccc(F)c(Cl)c1. The minimum atomic E-state index is -0.969. The first-order valence-electron chi connectivity index (χ1n) is 5.84. The van der Waals surface area contributed by atoms with Crippen LogP contribution in [0.3, 0.4) is 0 Å². The van der Waals surface area contributed by atoms with Crippen molar-refractivity contribution in [3.05, 3.63) is 34.6 Å². The molecule has 0 bridgehead atoms. The molecule has 0 saturated carbocycles. The molecular formula is C13H15ClFNO3. The lowest BCUT2D eigenvalue weighted by Gasteiger charge is -2.23. The highest BCUT2D eigenvalue weighted by atomic mass is 35.5. The fraction of sp³-hybridized carbons (Fsp3) is 0.385. The Kier molecular flexibility index (Phi) is 5.30. The Labute approximate surface area is 115 Å². The predicted octanol–water partition coefficient (Wildman–Crippen LogP) is 2.66. The molecular weight excluding hydrogens is 273 g/mol. The molecule has 4 nitrogen and oxygen atoms in total. The average molecular weight is 288 g/mol. The van der Waals surface area contributed by atoms with Gasteiger partial charge in [-0.1, -0.05) is 18.5 Å². The van der Waals surface area contributed by atoms with E-state index in [2.05, 4.69) is 0 Å². The molecule has 0 heterocycles.